The van der Waals surface area contributed by atoms with Crippen LogP contribution in [0.4, 0.5) is 22.7 Å². The number of benzene rings is 4. The topological polar surface area (TPSA) is 6.48 Å². The number of rotatable bonds is 7. The number of para-hydroxylation sites is 2. The Morgan fingerprint density at radius 3 is 1.82 bits per heavy atom. The van der Waals surface area contributed by atoms with Crippen molar-refractivity contribution in [3.8, 4) is 0 Å². The van der Waals surface area contributed by atoms with Gasteiger partial charge in [-0.15, -0.1) is 0 Å². The normalized spacial score (nSPS) is 14.9. The molecule has 0 unspecified atom stereocenters. The van der Waals surface area contributed by atoms with Gasteiger partial charge in [0.25, 0.3) is 0 Å². The molecule has 0 N–H and O–H groups in total. The highest BCUT2D eigenvalue weighted by molar-refractivity contribution is 5.79. The number of allylic oxidation sites excluding steroid dienone is 7. The van der Waals surface area contributed by atoms with Crippen molar-refractivity contribution in [2.45, 2.75) is 39.5 Å². The molecule has 4 aromatic carbocycles. The predicted molar refractivity (Wildman–Crippen MR) is 171 cm³/mol. The third kappa shape index (κ3) is 5.58. The number of aryl methyl sites for hydroxylation is 1. The van der Waals surface area contributed by atoms with Crippen LogP contribution in [0, 0.1) is 6.92 Å². The first kappa shape index (κ1) is 25.7. The van der Waals surface area contributed by atoms with E-state index in [1.165, 1.54) is 45.0 Å². The van der Waals surface area contributed by atoms with Gasteiger partial charge in [-0.3, -0.25) is 0 Å². The zero-order valence-electron chi connectivity index (χ0n) is 23.4. The Morgan fingerprint density at radius 2 is 1.20 bits per heavy atom. The molecular formula is C38H36N2. The Labute approximate surface area is 238 Å². The van der Waals surface area contributed by atoms with Crippen LogP contribution in [-0.2, 0) is 0 Å². The van der Waals surface area contributed by atoms with Gasteiger partial charge in [-0.2, -0.15) is 0 Å². The fourth-order valence-electron chi connectivity index (χ4n) is 5.71. The van der Waals surface area contributed by atoms with Gasteiger partial charge in [0.15, 0.2) is 0 Å². The van der Waals surface area contributed by atoms with Crippen LogP contribution >= 0.6 is 0 Å². The lowest BCUT2D eigenvalue weighted by molar-refractivity contribution is 0.880. The van der Waals surface area contributed by atoms with Crippen LogP contribution in [0.2, 0.25) is 0 Å². The molecule has 40 heavy (non-hydrogen) atoms. The van der Waals surface area contributed by atoms with Gasteiger partial charge in [-0.25, -0.2) is 0 Å². The second kappa shape index (κ2) is 11.7. The zero-order valence-corrected chi connectivity index (χ0v) is 23.4. The van der Waals surface area contributed by atoms with Crippen molar-refractivity contribution in [1.82, 2.24) is 0 Å². The van der Waals surface area contributed by atoms with Crippen molar-refractivity contribution in [2.75, 3.05) is 9.80 Å². The molecule has 4 aromatic rings. The van der Waals surface area contributed by atoms with Crippen LogP contribution in [0.25, 0.3) is 5.57 Å². The summed E-state index contributed by atoms with van der Waals surface area (Å²) in [6.45, 7) is 4.39. The standard InChI is InChI=1S/C38H36N2/c1-29-11-9-17-37(27-29)39(33-13-5-3-6-14-33)35-23-19-31(20-24-35)32-21-25-36(26-22-32)40(34-15-7-4-8-16-34)38-18-10-12-30(2)28-38/h3-9,11,13-21,23-25,27-28H,10,12,22,26H2,1-2H3. The number of nitrogens with zero attached hydrogens (tertiary/aromatic N) is 2. The first-order valence-electron chi connectivity index (χ1n) is 14.3. The average Bonchev–Trinajstić information content (AvgIpc) is 3.00. The van der Waals surface area contributed by atoms with Gasteiger partial charge in [0.2, 0.25) is 0 Å². The highest BCUT2D eigenvalue weighted by atomic mass is 15.2. The Morgan fingerprint density at radius 1 is 0.550 bits per heavy atom. The molecule has 0 atom stereocenters. The molecule has 0 amide bonds. The molecule has 2 heteroatoms. The number of hydrogen-bond acceptors (Lipinski definition) is 2. The summed E-state index contributed by atoms with van der Waals surface area (Å²) < 4.78 is 0. The van der Waals surface area contributed by atoms with Gasteiger partial charge in [0, 0.05) is 34.1 Å². The lowest BCUT2D eigenvalue weighted by Crippen LogP contribution is -2.23. The molecule has 6 rings (SSSR count). The summed E-state index contributed by atoms with van der Waals surface area (Å²) in [5.41, 5.74) is 12.7. The first-order valence-corrected chi connectivity index (χ1v) is 14.3. The van der Waals surface area contributed by atoms with Crippen molar-refractivity contribution in [3.05, 3.63) is 162 Å². The van der Waals surface area contributed by atoms with Gasteiger partial charge in [0.05, 0.1) is 0 Å². The summed E-state index contributed by atoms with van der Waals surface area (Å²) in [7, 11) is 0. The smallest absolute Gasteiger partial charge is 0.0464 e. The molecule has 2 nitrogen and oxygen atoms in total. The molecule has 0 saturated carbocycles. The van der Waals surface area contributed by atoms with E-state index in [1.54, 1.807) is 0 Å². The van der Waals surface area contributed by atoms with Crippen molar-refractivity contribution in [3.63, 3.8) is 0 Å². The van der Waals surface area contributed by atoms with Crippen LogP contribution in [0.3, 0.4) is 0 Å². The number of hydrogen-bond donors (Lipinski definition) is 0. The van der Waals surface area contributed by atoms with E-state index in [0.717, 1.165) is 37.1 Å². The Balaban J connectivity index is 1.30. The summed E-state index contributed by atoms with van der Waals surface area (Å²) in [6.07, 6.45) is 13.6. The van der Waals surface area contributed by atoms with Crippen LogP contribution in [0.15, 0.2) is 150 Å². The summed E-state index contributed by atoms with van der Waals surface area (Å²) in [6, 6.07) is 39.1. The monoisotopic (exact) mass is 520 g/mol. The van der Waals surface area contributed by atoms with Gasteiger partial charge in [-0.05, 0) is 117 Å². The van der Waals surface area contributed by atoms with Crippen molar-refractivity contribution < 1.29 is 0 Å². The predicted octanol–water partition coefficient (Wildman–Crippen LogP) is 10.7. The molecule has 0 fully saturated rings. The van der Waals surface area contributed by atoms with E-state index in [4.69, 9.17) is 0 Å². The molecule has 2 aliphatic carbocycles. The quantitative estimate of drug-likeness (QED) is 0.239. The van der Waals surface area contributed by atoms with Crippen molar-refractivity contribution in [2.24, 2.45) is 0 Å². The fourth-order valence-corrected chi connectivity index (χ4v) is 5.71. The van der Waals surface area contributed by atoms with E-state index in [0.29, 0.717) is 0 Å². The van der Waals surface area contributed by atoms with Gasteiger partial charge in [-0.1, -0.05) is 78.4 Å². The Kier molecular flexibility index (Phi) is 7.50. The van der Waals surface area contributed by atoms with E-state index >= 15 is 0 Å². The zero-order chi connectivity index (χ0) is 27.3. The first-order chi connectivity index (χ1) is 19.7. The van der Waals surface area contributed by atoms with Gasteiger partial charge in [0.1, 0.15) is 0 Å². The second-order valence-electron chi connectivity index (χ2n) is 10.7. The fraction of sp³-hybridized carbons (Fsp3) is 0.158. The molecule has 0 saturated heterocycles. The third-order valence-corrected chi connectivity index (χ3v) is 7.74. The van der Waals surface area contributed by atoms with E-state index in [2.05, 4.69) is 157 Å². The summed E-state index contributed by atoms with van der Waals surface area (Å²) in [4.78, 5) is 4.77. The molecule has 0 spiro atoms. The molecule has 0 aromatic heterocycles. The summed E-state index contributed by atoms with van der Waals surface area (Å²) in [5, 5.41) is 0. The summed E-state index contributed by atoms with van der Waals surface area (Å²) >= 11 is 0. The second-order valence-corrected chi connectivity index (χ2v) is 10.7. The molecule has 0 bridgehead atoms. The Hall–Kier alpha value is -4.56. The lowest BCUT2D eigenvalue weighted by atomic mass is 9.94. The minimum Gasteiger partial charge on any atom is -0.315 e. The number of anilines is 4. The molecule has 198 valence electrons. The maximum Gasteiger partial charge on any atom is 0.0464 e. The summed E-state index contributed by atoms with van der Waals surface area (Å²) in [5.74, 6) is 0. The average molecular weight is 521 g/mol. The van der Waals surface area contributed by atoms with E-state index in [1.807, 2.05) is 0 Å². The van der Waals surface area contributed by atoms with Crippen molar-refractivity contribution >= 4 is 28.3 Å². The lowest BCUT2D eigenvalue weighted by Gasteiger charge is -2.32. The molecule has 0 heterocycles. The van der Waals surface area contributed by atoms with Crippen LogP contribution < -0.4 is 9.80 Å². The van der Waals surface area contributed by atoms with E-state index < -0.39 is 0 Å². The largest absolute Gasteiger partial charge is 0.315 e. The SMILES string of the molecule is CC1=CC(N(C2=CC=C(c3ccc(N(c4ccccc4)c4cccc(C)c4)cc3)CC2)c2ccccc2)=CCC1. The highest BCUT2D eigenvalue weighted by Gasteiger charge is 2.20. The van der Waals surface area contributed by atoms with Crippen LogP contribution in [0.1, 0.15) is 43.7 Å². The maximum atomic E-state index is 2.44. The van der Waals surface area contributed by atoms with E-state index in [9.17, 15) is 0 Å². The van der Waals surface area contributed by atoms with Gasteiger partial charge >= 0.3 is 0 Å². The molecule has 0 radical (unpaired) electrons. The molecular weight excluding hydrogens is 484 g/mol. The van der Waals surface area contributed by atoms with Crippen molar-refractivity contribution in [1.29, 1.82) is 0 Å². The van der Waals surface area contributed by atoms with Crippen LogP contribution in [0.5, 0.6) is 0 Å². The van der Waals surface area contributed by atoms with E-state index in [-0.39, 0.29) is 0 Å². The van der Waals surface area contributed by atoms with Gasteiger partial charge < -0.3 is 9.80 Å². The Bertz CT molecular complexity index is 1590. The molecule has 2 aliphatic rings. The van der Waals surface area contributed by atoms with Crippen LogP contribution in [-0.4, -0.2) is 0 Å². The minimum atomic E-state index is 1.01. The highest BCUT2D eigenvalue weighted by Crippen LogP contribution is 2.38. The molecule has 0 aliphatic heterocycles. The third-order valence-electron chi connectivity index (χ3n) is 7.74. The maximum absolute atomic E-state index is 2.44. The minimum absolute atomic E-state index is 1.01.